The van der Waals surface area contributed by atoms with Crippen molar-refractivity contribution in [3.63, 3.8) is 0 Å². The largest absolute Gasteiger partial charge is 0.462 e. The standard InChI is InChI=1S/C17H18N4O4S2/c1-3-24-16(23)14-10(2)18-17(27-14)19-12(22)7-4-8-13-20-15(21-25-13)11-6-5-9-26-11/h5-6,9H,3-4,7-8H2,1-2H3,(H,18,19,22). The molecule has 8 nitrogen and oxygen atoms in total. The summed E-state index contributed by atoms with van der Waals surface area (Å²) in [5.74, 6) is 0.457. The van der Waals surface area contributed by atoms with Gasteiger partial charge < -0.3 is 14.6 Å². The Morgan fingerprint density at radius 1 is 1.33 bits per heavy atom. The van der Waals surface area contributed by atoms with Gasteiger partial charge in [-0.1, -0.05) is 22.6 Å². The van der Waals surface area contributed by atoms with Crippen LogP contribution in [0.2, 0.25) is 0 Å². The van der Waals surface area contributed by atoms with E-state index >= 15 is 0 Å². The number of amides is 1. The van der Waals surface area contributed by atoms with Gasteiger partial charge in [0.25, 0.3) is 0 Å². The van der Waals surface area contributed by atoms with Gasteiger partial charge in [-0.2, -0.15) is 4.98 Å². The van der Waals surface area contributed by atoms with Gasteiger partial charge in [-0.05, 0) is 31.7 Å². The number of esters is 1. The Morgan fingerprint density at radius 3 is 2.93 bits per heavy atom. The third-order valence-electron chi connectivity index (χ3n) is 3.51. The lowest BCUT2D eigenvalue weighted by molar-refractivity contribution is -0.116. The summed E-state index contributed by atoms with van der Waals surface area (Å²) in [6.45, 7) is 3.74. The van der Waals surface area contributed by atoms with Gasteiger partial charge in [0.05, 0.1) is 17.2 Å². The lowest BCUT2D eigenvalue weighted by Gasteiger charge is -2.00. The van der Waals surface area contributed by atoms with Gasteiger partial charge in [0.1, 0.15) is 4.88 Å². The van der Waals surface area contributed by atoms with Gasteiger partial charge in [0, 0.05) is 12.8 Å². The van der Waals surface area contributed by atoms with Gasteiger partial charge >= 0.3 is 5.97 Å². The normalized spacial score (nSPS) is 10.7. The summed E-state index contributed by atoms with van der Waals surface area (Å²) in [6.07, 6.45) is 1.36. The highest BCUT2D eigenvalue weighted by molar-refractivity contribution is 7.17. The van der Waals surface area contributed by atoms with E-state index in [4.69, 9.17) is 9.26 Å². The number of aryl methyl sites for hydroxylation is 2. The predicted molar refractivity (Wildman–Crippen MR) is 102 cm³/mol. The second kappa shape index (κ2) is 8.87. The Balaban J connectivity index is 1.47. The number of nitrogens with one attached hydrogen (secondary N) is 1. The van der Waals surface area contributed by atoms with E-state index in [0.29, 0.717) is 46.9 Å². The third-order valence-corrected chi connectivity index (χ3v) is 5.43. The molecule has 0 aromatic carbocycles. The van der Waals surface area contributed by atoms with E-state index in [1.54, 1.807) is 13.8 Å². The van der Waals surface area contributed by atoms with E-state index in [-0.39, 0.29) is 12.3 Å². The Labute approximate surface area is 163 Å². The molecule has 0 atom stereocenters. The molecular weight excluding hydrogens is 388 g/mol. The minimum atomic E-state index is -0.425. The molecule has 27 heavy (non-hydrogen) atoms. The fourth-order valence-corrected chi connectivity index (χ4v) is 3.81. The maximum absolute atomic E-state index is 12.1. The number of nitrogens with zero attached hydrogens (tertiary/aromatic N) is 3. The summed E-state index contributed by atoms with van der Waals surface area (Å²) < 4.78 is 10.2. The molecule has 1 amide bonds. The van der Waals surface area contributed by atoms with Crippen LogP contribution in [0, 0.1) is 6.92 Å². The van der Waals surface area contributed by atoms with E-state index in [0.717, 1.165) is 16.2 Å². The first kappa shape index (κ1) is 19.2. The molecule has 3 aromatic rings. The predicted octanol–water partition coefficient (Wildman–Crippen LogP) is 3.70. The third kappa shape index (κ3) is 4.98. The summed E-state index contributed by atoms with van der Waals surface area (Å²) in [5.41, 5.74) is 0.542. The Morgan fingerprint density at radius 2 is 2.19 bits per heavy atom. The maximum atomic E-state index is 12.1. The fraction of sp³-hybridized carbons (Fsp3) is 0.353. The quantitative estimate of drug-likeness (QED) is 0.568. The highest BCUT2D eigenvalue weighted by atomic mass is 32.1. The van der Waals surface area contributed by atoms with Gasteiger partial charge in [-0.15, -0.1) is 11.3 Å². The topological polar surface area (TPSA) is 107 Å². The van der Waals surface area contributed by atoms with E-state index < -0.39 is 5.97 Å². The minimum absolute atomic E-state index is 0.183. The van der Waals surface area contributed by atoms with Crippen LogP contribution in [0.25, 0.3) is 10.7 Å². The minimum Gasteiger partial charge on any atom is -0.462 e. The number of ether oxygens (including phenoxy) is 1. The molecule has 0 unspecified atom stereocenters. The van der Waals surface area contributed by atoms with Crippen LogP contribution in [0.4, 0.5) is 5.13 Å². The van der Waals surface area contributed by atoms with Crippen LogP contribution in [0.15, 0.2) is 22.0 Å². The molecule has 0 radical (unpaired) electrons. The van der Waals surface area contributed by atoms with E-state index in [1.165, 1.54) is 11.3 Å². The summed E-state index contributed by atoms with van der Waals surface area (Å²) in [5, 5.41) is 8.98. The highest BCUT2D eigenvalue weighted by Crippen LogP contribution is 2.24. The molecule has 10 heteroatoms. The molecule has 3 rings (SSSR count). The molecule has 142 valence electrons. The molecule has 0 bridgehead atoms. The lowest BCUT2D eigenvalue weighted by atomic mass is 10.2. The number of hydrogen-bond acceptors (Lipinski definition) is 9. The van der Waals surface area contributed by atoms with Crippen molar-refractivity contribution in [1.82, 2.24) is 15.1 Å². The van der Waals surface area contributed by atoms with Crippen molar-refractivity contribution in [2.45, 2.75) is 33.1 Å². The summed E-state index contributed by atoms with van der Waals surface area (Å²) in [4.78, 5) is 33.7. The summed E-state index contributed by atoms with van der Waals surface area (Å²) >= 11 is 2.65. The maximum Gasteiger partial charge on any atom is 0.350 e. The molecule has 0 saturated carbocycles. The van der Waals surface area contributed by atoms with Crippen molar-refractivity contribution < 1.29 is 18.8 Å². The van der Waals surface area contributed by atoms with Crippen LogP contribution in [-0.2, 0) is 16.0 Å². The molecule has 0 spiro atoms. The summed E-state index contributed by atoms with van der Waals surface area (Å²) in [7, 11) is 0. The lowest BCUT2D eigenvalue weighted by Crippen LogP contribution is -2.11. The fourth-order valence-electron chi connectivity index (χ4n) is 2.28. The zero-order valence-corrected chi connectivity index (χ0v) is 16.5. The van der Waals surface area contributed by atoms with Crippen molar-refractivity contribution in [1.29, 1.82) is 0 Å². The SMILES string of the molecule is CCOC(=O)c1sc(NC(=O)CCCc2nc(-c3cccs3)no2)nc1C. The van der Waals surface area contributed by atoms with E-state index in [2.05, 4.69) is 20.4 Å². The monoisotopic (exact) mass is 406 g/mol. The van der Waals surface area contributed by atoms with Crippen LogP contribution in [0.5, 0.6) is 0 Å². The first-order chi connectivity index (χ1) is 13.1. The number of rotatable bonds is 8. The van der Waals surface area contributed by atoms with Crippen LogP contribution in [-0.4, -0.2) is 33.6 Å². The van der Waals surface area contributed by atoms with Crippen molar-refractivity contribution >= 4 is 39.7 Å². The molecule has 0 saturated heterocycles. The molecule has 0 aliphatic heterocycles. The van der Waals surface area contributed by atoms with Crippen LogP contribution >= 0.6 is 22.7 Å². The number of carbonyl (C=O) groups is 2. The molecule has 3 aromatic heterocycles. The summed E-state index contributed by atoms with van der Waals surface area (Å²) in [6, 6.07) is 3.85. The van der Waals surface area contributed by atoms with Gasteiger partial charge in [0.15, 0.2) is 5.13 Å². The Bertz CT molecular complexity index is 917. The van der Waals surface area contributed by atoms with Crippen molar-refractivity contribution in [3.05, 3.63) is 34.0 Å². The highest BCUT2D eigenvalue weighted by Gasteiger charge is 2.17. The number of carbonyl (C=O) groups excluding carboxylic acids is 2. The molecule has 0 fully saturated rings. The van der Waals surface area contributed by atoms with Crippen molar-refractivity contribution in [3.8, 4) is 10.7 Å². The molecule has 0 aliphatic carbocycles. The van der Waals surface area contributed by atoms with Gasteiger partial charge in [-0.3, -0.25) is 4.79 Å². The molecule has 0 aliphatic rings. The number of aromatic nitrogens is 3. The molecule has 3 heterocycles. The van der Waals surface area contributed by atoms with Crippen LogP contribution < -0.4 is 5.32 Å². The zero-order valence-electron chi connectivity index (χ0n) is 14.9. The van der Waals surface area contributed by atoms with Crippen molar-refractivity contribution in [2.75, 3.05) is 11.9 Å². The van der Waals surface area contributed by atoms with Crippen molar-refractivity contribution in [2.24, 2.45) is 0 Å². The number of hydrogen-bond donors (Lipinski definition) is 1. The Kier molecular flexibility index (Phi) is 6.30. The Hall–Kier alpha value is -2.59. The van der Waals surface area contributed by atoms with Crippen LogP contribution in [0.3, 0.4) is 0 Å². The average Bonchev–Trinajstić information content (AvgIpc) is 3.35. The van der Waals surface area contributed by atoms with Crippen LogP contribution in [0.1, 0.15) is 41.0 Å². The first-order valence-electron chi connectivity index (χ1n) is 8.37. The number of thiazole rings is 1. The second-order valence-electron chi connectivity index (χ2n) is 5.54. The van der Waals surface area contributed by atoms with Gasteiger partial charge in [0.2, 0.25) is 17.6 Å². The average molecular weight is 406 g/mol. The smallest absolute Gasteiger partial charge is 0.350 e. The van der Waals surface area contributed by atoms with Gasteiger partial charge in [-0.25, -0.2) is 9.78 Å². The first-order valence-corrected chi connectivity index (χ1v) is 10.1. The molecule has 1 N–H and O–H groups in total. The van der Waals surface area contributed by atoms with E-state index in [1.807, 2.05) is 17.5 Å². The number of thiophene rings is 1. The number of anilines is 1. The second-order valence-corrected chi connectivity index (χ2v) is 7.49. The zero-order chi connectivity index (χ0) is 19.2. The molecular formula is C17H18N4O4S2. The van der Waals surface area contributed by atoms with E-state index in [9.17, 15) is 9.59 Å².